The fourth-order valence-electron chi connectivity index (χ4n) is 1.90. The molecule has 0 aromatic rings. The van der Waals surface area contributed by atoms with Crippen LogP contribution in [0.4, 0.5) is 0 Å². The van der Waals surface area contributed by atoms with Crippen LogP contribution in [0.2, 0.25) is 0 Å². The Morgan fingerprint density at radius 3 is 2.33 bits per heavy atom. The van der Waals surface area contributed by atoms with Crippen molar-refractivity contribution >= 4 is 0 Å². The highest BCUT2D eigenvalue weighted by Crippen LogP contribution is 2.30. The van der Waals surface area contributed by atoms with Gasteiger partial charge < -0.3 is 10.4 Å². The van der Waals surface area contributed by atoms with E-state index >= 15 is 0 Å². The number of hydrogen-bond donors (Lipinski definition) is 2. The first-order valence-electron chi connectivity index (χ1n) is 4.81. The van der Waals surface area contributed by atoms with Crippen LogP contribution in [0.3, 0.4) is 0 Å². The first kappa shape index (κ1) is 10.0. The van der Waals surface area contributed by atoms with Crippen LogP contribution < -0.4 is 5.32 Å². The molecule has 1 fully saturated rings. The highest BCUT2D eigenvalue weighted by Gasteiger charge is 2.38. The topological polar surface area (TPSA) is 32.3 Å². The zero-order chi connectivity index (χ0) is 9.41. The number of hydrogen-bond acceptors (Lipinski definition) is 2. The Morgan fingerprint density at radius 1 is 1.42 bits per heavy atom. The van der Waals surface area contributed by atoms with E-state index < -0.39 is 5.60 Å². The Kier molecular flexibility index (Phi) is 2.50. The molecule has 1 rings (SSSR count). The molecule has 0 aliphatic heterocycles. The van der Waals surface area contributed by atoms with Gasteiger partial charge in [0.25, 0.3) is 0 Å². The standard InChI is InChI=1S/C10H21NO/c1-9(2,3)11-8-6-5-7-10(8,4)12/h8,11-12H,5-7H2,1-4H3/t8-,10+/m1/s1. The normalized spacial score (nSPS) is 37.2. The summed E-state index contributed by atoms with van der Waals surface area (Å²) in [5.41, 5.74) is -0.383. The van der Waals surface area contributed by atoms with Gasteiger partial charge in [-0.2, -0.15) is 0 Å². The fourth-order valence-corrected chi connectivity index (χ4v) is 1.90. The van der Waals surface area contributed by atoms with Crippen LogP contribution in [0, 0.1) is 0 Å². The van der Waals surface area contributed by atoms with E-state index in [1.807, 2.05) is 6.92 Å². The summed E-state index contributed by atoms with van der Waals surface area (Å²) < 4.78 is 0. The van der Waals surface area contributed by atoms with Gasteiger partial charge in [0.05, 0.1) is 5.60 Å². The van der Waals surface area contributed by atoms with E-state index in [0.29, 0.717) is 0 Å². The lowest BCUT2D eigenvalue weighted by Gasteiger charge is -2.33. The maximum absolute atomic E-state index is 9.96. The summed E-state index contributed by atoms with van der Waals surface area (Å²) in [4.78, 5) is 0. The van der Waals surface area contributed by atoms with Gasteiger partial charge in [-0.25, -0.2) is 0 Å². The van der Waals surface area contributed by atoms with Gasteiger partial charge in [-0.15, -0.1) is 0 Å². The summed E-state index contributed by atoms with van der Waals surface area (Å²) in [7, 11) is 0. The first-order valence-corrected chi connectivity index (χ1v) is 4.81. The molecule has 0 radical (unpaired) electrons. The molecule has 0 spiro atoms. The molecule has 0 unspecified atom stereocenters. The average molecular weight is 171 g/mol. The van der Waals surface area contributed by atoms with Crippen LogP contribution in [0.15, 0.2) is 0 Å². The SMILES string of the molecule is CC(C)(C)N[C@@H]1CCC[C@]1(C)O. The van der Waals surface area contributed by atoms with E-state index in [2.05, 4.69) is 26.1 Å². The number of nitrogens with one attached hydrogen (secondary N) is 1. The lowest BCUT2D eigenvalue weighted by Crippen LogP contribution is -2.52. The molecule has 0 heterocycles. The predicted octanol–water partition coefficient (Wildman–Crippen LogP) is 1.68. The second-order valence-electron chi connectivity index (χ2n) is 5.20. The molecular formula is C10H21NO. The van der Waals surface area contributed by atoms with Gasteiger partial charge in [0.1, 0.15) is 0 Å². The van der Waals surface area contributed by atoms with Gasteiger partial charge in [-0.3, -0.25) is 0 Å². The highest BCUT2D eigenvalue weighted by molar-refractivity contribution is 4.96. The van der Waals surface area contributed by atoms with E-state index in [1.165, 1.54) is 0 Å². The van der Waals surface area contributed by atoms with E-state index in [0.717, 1.165) is 19.3 Å². The van der Waals surface area contributed by atoms with E-state index in [1.54, 1.807) is 0 Å². The third kappa shape index (κ3) is 2.46. The third-order valence-electron chi connectivity index (χ3n) is 2.53. The molecule has 1 aliphatic carbocycles. The van der Waals surface area contributed by atoms with Crippen molar-refractivity contribution in [2.75, 3.05) is 0 Å². The molecule has 2 heteroatoms. The Bertz CT molecular complexity index is 158. The molecule has 1 aliphatic rings. The minimum absolute atomic E-state index is 0.110. The molecule has 2 nitrogen and oxygen atoms in total. The van der Waals surface area contributed by atoms with Crippen LogP contribution in [0.1, 0.15) is 47.0 Å². The van der Waals surface area contributed by atoms with Gasteiger partial charge in [-0.1, -0.05) is 0 Å². The summed E-state index contributed by atoms with van der Waals surface area (Å²) in [6, 6.07) is 0.275. The second kappa shape index (κ2) is 3.00. The molecule has 0 aromatic carbocycles. The van der Waals surface area contributed by atoms with Crippen LogP contribution in [0.5, 0.6) is 0 Å². The van der Waals surface area contributed by atoms with Crippen molar-refractivity contribution in [1.82, 2.24) is 5.32 Å². The zero-order valence-corrected chi connectivity index (χ0v) is 8.65. The summed E-state index contributed by atoms with van der Waals surface area (Å²) in [5.74, 6) is 0. The minimum Gasteiger partial charge on any atom is -0.389 e. The molecule has 2 atom stereocenters. The molecule has 12 heavy (non-hydrogen) atoms. The van der Waals surface area contributed by atoms with Crippen molar-refractivity contribution in [1.29, 1.82) is 0 Å². The maximum Gasteiger partial charge on any atom is 0.0772 e. The number of aliphatic hydroxyl groups is 1. The predicted molar refractivity (Wildman–Crippen MR) is 51.2 cm³/mol. The Hall–Kier alpha value is -0.0800. The largest absolute Gasteiger partial charge is 0.389 e. The Morgan fingerprint density at radius 2 is 2.00 bits per heavy atom. The molecule has 0 amide bonds. The third-order valence-corrected chi connectivity index (χ3v) is 2.53. The Labute approximate surface area is 75.4 Å². The monoisotopic (exact) mass is 171 g/mol. The van der Waals surface area contributed by atoms with Crippen LogP contribution in [0.25, 0.3) is 0 Å². The molecule has 2 N–H and O–H groups in total. The maximum atomic E-state index is 9.96. The van der Waals surface area contributed by atoms with Crippen molar-refractivity contribution in [3.63, 3.8) is 0 Å². The van der Waals surface area contributed by atoms with E-state index in [9.17, 15) is 5.11 Å². The lowest BCUT2D eigenvalue weighted by atomic mass is 9.97. The first-order chi connectivity index (χ1) is 5.31. The van der Waals surface area contributed by atoms with Gasteiger partial charge >= 0.3 is 0 Å². The smallest absolute Gasteiger partial charge is 0.0772 e. The molecule has 1 saturated carbocycles. The summed E-state index contributed by atoms with van der Waals surface area (Å²) in [6.45, 7) is 8.35. The van der Waals surface area contributed by atoms with Gasteiger partial charge in [0.2, 0.25) is 0 Å². The molecule has 0 bridgehead atoms. The van der Waals surface area contributed by atoms with Crippen molar-refractivity contribution in [2.45, 2.75) is 64.1 Å². The fraction of sp³-hybridized carbons (Fsp3) is 1.00. The zero-order valence-electron chi connectivity index (χ0n) is 8.65. The summed E-state index contributed by atoms with van der Waals surface area (Å²) in [5, 5.41) is 13.4. The van der Waals surface area contributed by atoms with E-state index in [4.69, 9.17) is 0 Å². The van der Waals surface area contributed by atoms with Crippen LogP contribution in [-0.4, -0.2) is 22.3 Å². The Balaban J connectivity index is 2.53. The summed E-state index contributed by atoms with van der Waals surface area (Å²) >= 11 is 0. The highest BCUT2D eigenvalue weighted by atomic mass is 16.3. The molecule has 72 valence electrons. The van der Waals surface area contributed by atoms with E-state index in [-0.39, 0.29) is 11.6 Å². The average Bonchev–Trinajstić information content (AvgIpc) is 2.07. The van der Waals surface area contributed by atoms with Crippen LogP contribution >= 0.6 is 0 Å². The van der Waals surface area contributed by atoms with Crippen molar-refractivity contribution < 1.29 is 5.11 Å². The van der Waals surface area contributed by atoms with Crippen molar-refractivity contribution in [3.8, 4) is 0 Å². The van der Waals surface area contributed by atoms with Gasteiger partial charge in [0.15, 0.2) is 0 Å². The second-order valence-corrected chi connectivity index (χ2v) is 5.20. The minimum atomic E-state index is -0.493. The lowest BCUT2D eigenvalue weighted by molar-refractivity contribution is 0.0307. The van der Waals surface area contributed by atoms with Crippen molar-refractivity contribution in [2.24, 2.45) is 0 Å². The summed E-state index contributed by atoms with van der Waals surface area (Å²) in [6.07, 6.45) is 3.17. The van der Waals surface area contributed by atoms with Gasteiger partial charge in [-0.05, 0) is 47.0 Å². The quantitative estimate of drug-likeness (QED) is 0.629. The van der Waals surface area contributed by atoms with Gasteiger partial charge in [0, 0.05) is 11.6 Å². The molecule has 0 aromatic heterocycles. The van der Waals surface area contributed by atoms with Crippen LogP contribution in [-0.2, 0) is 0 Å². The molecular weight excluding hydrogens is 150 g/mol. The van der Waals surface area contributed by atoms with Crippen molar-refractivity contribution in [3.05, 3.63) is 0 Å². The molecule has 0 saturated heterocycles. The number of rotatable bonds is 1.